The molecule has 1 fully saturated rings. The molecule has 36 heavy (non-hydrogen) atoms. The number of aliphatic hydroxyl groups excluding tert-OH is 1. The Labute approximate surface area is 203 Å². The van der Waals surface area contributed by atoms with Crippen molar-refractivity contribution < 1.29 is 32.1 Å². The topological polar surface area (TPSA) is 76.8 Å². The molecule has 0 spiro atoms. The molecule has 190 valence electrons. The molecule has 0 unspecified atom stereocenters. The molecule has 7 nitrogen and oxygen atoms in total. The van der Waals surface area contributed by atoms with Crippen molar-refractivity contribution in [1.29, 1.82) is 0 Å². The Morgan fingerprint density at radius 2 is 1.94 bits per heavy atom. The van der Waals surface area contributed by atoms with E-state index in [0.29, 0.717) is 24.8 Å². The summed E-state index contributed by atoms with van der Waals surface area (Å²) in [5, 5.41) is 10.0. The van der Waals surface area contributed by atoms with Crippen LogP contribution in [-0.2, 0) is 13.2 Å². The minimum absolute atomic E-state index is 0.00972. The molecule has 0 radical (unpaired) electrons. The molecule has 0 saturated carbocycles. The van der Waals surface area contributed by atoms with Crippen LogP contribution in [0, 0.1) is 17.6 Å². The van der Waals surface area contributed by atoms with Gasteiger partial charge in [0.05, 0.1) is 18.7 Å². The first-order valence-corrected chi connectivity index (χ1v) is 11.4. The van der Waals surface area contributed by atoms with Crippen molar-refractivity contribution >= 4 is 5.82 Å². The highest BCUT2D eigenvalue weighted by Gasteiger charge is 2.50. The van der Waals surface area contributed by atoms with Crippen molar-refractivity contribution in [3.8, 4) is 17.4 Å². The number of hydrogen-bond donors (Lipinski definition) is 1. The van der Waals surface area contributed by atoms with Gasteiger partial charge in [-0.1, -0.05) is 19.1 Å². The van der Waals surface area contributed by atoms with Crippen LogP contribution < -0.4 is 20.1 Å². The molecule has 2 aromatic carbocycles. The first kappa shape index (κ1) is 24.1. The predicted octanol–water partition coefficient (Wildman–Crippen LogP) is 4.42. The van der Waals surface area contributed by atoms with Crippen molar-refractivity contribution in [3.63, 3.8) is 0 Å². The van der Waals surface area contributed by atoms with Crippen molar-refractivity contribution in [3.05, 3.63) is 75.7 Å². The molecular weight excluding hydrogens is 482 g/mol. The lowest BCUT2D eigenvalue weighted by molar-refractivity contribution is 0.151. The van der Waals surface area contributed by atoms with Gasteiger partial charge in [-0.15, -0.1) is 0 Å². The second kappa shape index (κ2) is 9.12. The number of rotatable bonds is 7. The van der Waals surface area contributed by atoms with Crippen LogP contribution in [0.5, 0.6) is 17.4 Å². The van der Waals surface area contributed by atoms with Gasteiger partial charge in [-0.25, -0.2) is 22.4 Å². The Hall–Kier alpha value is -3.60. The van der Waals surface area contributed by atoms with Gasteiger partial charge in [-0.3, -0.25) is 4.57 Å². The van der Waals surface area contributed by atoms with E-state index in [4.69, 9.17) is 9.47 Å². The van der Waals surface area contributed by atoms with E-state index >= 15 is 0 Å². The second-order valence-electron chi connectivity index (χ2n) is 9.28. The zero-order valence-electron chi connectivity index (χ0n) is 19.3. The van der Waals surface area contributed by atoms with Crippen LogP contribution in [0.25, 0.3) is 0 Å². The SMILES string of the molecule is C[C@H]1CN2c3cc(OCc4cc(F)c(Oc5cccc(C(F)F)c5)c(F)c4)nc(=O)n3C[C@@]2(CO)C1. The van der Waals surface area contributed by atoms with Crippen LogP contribution >= 0.6 is 0 Å². The third kappa shape index (κ3) is 4.27. The summed E-state index contributed by atoms with van der Waals surface area (Å²) >= 11 is 0. The maximum absolute atomic E-state index is 14.6. The number of anilines is 1. The summed E-state index contributed by atoms with van der Waals surface area (Å²) in [6, 6.07) is 8.36. The Kier molecular flexibility index (Phi) is 6.11. The zero-order chi connectivity index (χ0) is 25.6. The van der Waals surface area contributed by atoms with Gasteiger partial charge in [0, 0.05) is 18.2 Å². The Balaban J connectivity index is 1.33. The Bertz CT molecular complexity index is 1340. The fraction of sp³-hybridized carbons (Fsp3) is 0.360. The molecule has 2 aliphatic heterocycles. The lowest BCUT2D eigenvalue weighted by Gasteiger charge is -2.30. The number of hydrogen-bond acceptors (Lipinski definition) is 6. The Morgan fingerprint density at radius 3 is 2.64 bits per heavy atom. The normalized spacial score (nSPS) is 20.5. The highest BCUT2D eigenvalue weighted by molar-refractivity contribution is 5.51. The van der Waals surface area contributed by atoms with Crippen molar-refractivity contribution in [2.24, 2.45) is 5.92 Å². The molecule has 1 N–H and O–H groups in total. The van der Waals surface area contributed by atoms with Crippen LogP contribution in [0.1, 0.15) is 30.9 Å². The van der Waals surface area contributed by atoms with E-state index in [9.17, 15) is 27.5 Å². The molecule has 0 bridgehead atoms. The van der Waals surface area contributed by atoms with Gasteiger partial charge in [0.15, 0.2) is 17.4 Å². The second-order valence-corrected chi connectivity index (χ2v) is 9.28. The fourth-order valence-electron chi connectivity index (χ4n) is 5.01. The Morgan fingerprint density at radius 1 is 1.19 bits per heavy atom. The summed E-state index contributed by atoms with van der Waals surface area (Å²) in [7, 11) is 0. The summed E-state index contributed by atoms with van der Waals surface area (Å²) in [6.07, 6.45) is -2.02. The molecule has 2 atom stereocenters. The average Bonchev–Trinajstić information content (AvgIpc) is 3.32. The molecule has 3 heterocycles. The highest BCUT2D eigenvalue weighted by Crippen LogP contribution is 2.43. The van der Waals surface area contributed by atoms with Gasteiger partial charge >= 0.3 is 5.69 Å². The molecule has 3 aromatic rings. The molecule has 5 rings (SSSR count). The number of nitrogens with zero attached hydrogens (tertiary/aromatic N) is 3. The summed E-state index contributed by atoms with van der Waals surface area (Å²) in [5.41, 5.74) is -1.32. The number of alkyl halides is 2. The van der Waals surface area contributed by atoms with E-state index in [-0.39, 0.29) is 36.0 Å². The van der Waals surface area contributed by atoms with E-state index in [1.165, 1.54) is 22.8 Å². The maximum Gasteiger partial charge on any atom is 0.352 e. The largest absolute Gasteiger partial charge is 0.473 e. The molecule has 0 aliphatic carbocycles. The number of halogens is 4. The van der Waals surface area contributed by atoms with E-state index < -0.39 is 35.0 Å². The van der Waals surface area contributed by atoms with Gasteiger partial charge in [-0.2, -0.15) is 4.98 Å². The number of ether oxygens (including phenoxy) is 2. The van der Waals surface area contributed by atoms with Crippen LogP contribution in [0.3, 0.4) is 0 Å². The minimum Gasteiger partial charge on any atom is -0.473 e. The van der Waals surface area contributed by atoms with Crippen LogP contribution in [0.4, 0.5) is 23.4 Å². The number of fused-ring (bicyclic) bond motifs is 3. The quantitative estimate of drug-likeness (QED) is 0.479. The fourth-order valence-corrected chi connectivity index (χ4v) is 5.01. The van der Waals surface area contributed by atoms with E-state index in [0.717, 1.165) is 24.6 Å². The number of aromatic nitrogens is 2. The van der Waals surface area contributed by atoms with Crippen LogP contribution in [0.2, 0.25) is 0 Å². The summed E-state index contributed by atoms with van der Waals surface area (Å²) in [6.45, 7) is 2.68. The maximum atomic E-state index is 14.6. The van der Waals surface area contributed by atoms with Crippen molar-refractivity contribution in [2.45, 2.75) is 38.5 Å². The van der Waals surface area contributed by atoms with E-state index in [1.807, 2.05) is 4.90 Å². The third-order valence-corrected chi connectivity index (χ3v) is 6.56. The van der Waals surface area contributed by atoms with Gasteiger partial charge in [0.1, 0.15) is 18.2 Å². The highest BCUT2D eigenvalue weighted by atomic mass is 19.3. The third-order valence-electron chi connectivity index (χ3n) is 6.56. The lowest BCUT2D eigenvalue weighted by atomic mass is 9.94. The minimum atomic E-state index is -2.75. The van der Waals surface area contributed by atoms with E-state index in [2.05, 4.69) is 11.9 Å². The smallest absolute Gasteiger partial charge is 0.352 e. The van der Waals surface area contributed by atoms with E-state index in [1.54, 1.807) is 6.07 Å². The van der Waals surface area contributed by atoms with Gasteiger partial charge in [0.2, 0.25) is 5.88 Å². The molecular formula is C25H23F4N3O4. The monoisotopic (exact) mass is 505 g/mol. The first-order chi connectivity index (χ1) is 17.2. The molecule has 11 heteroatoms. The van der Waals surface area contributed by atoms with Crippen molar-refractivity contribution in [2.75, 3.05) is 18.1 Å². The summed E-state index contributed by atoms with van der Waals surface area (Å²) in [5.74, 6) is -2.05. The molecule has 0 amide bonds. The number of aliphatic hydroxyl groups is 1. The van der Waals surface area contributed by atoms with Gasteiger partial charge in [-0.05, 0) is 42.2 Å². The first-order valence-electron chi connectivity index (χ1n) is 11.4. The van der Waals surface area contributed by atoms with Gasteiger partial charge < -0.3 is 19.5 Å². The lowest BCUT2D eigenvalue weighted by Crippen LogP contribution is -2.45. The van der Waals surface area contributed by atoms with Gasteiger partial charge in [0.25, 0.3) is 6.43 Å². The average molecular weight is 505 g/mol. The van der Waals surface area contributed by atoms with Crippen molar-refractivity contribution in [1.82, 2.24) is 9.55 Å². The molecule has 1 aromatic heterocycles. The standard InChI is InChI=1S/C25H23F4N3O4/c1-14-9-25(13-33)12-31-21(32(25)10-14)8-20(30-24(31)34)35-11-15-5-18(26)22(19(27)6-15)36-17-4-2-3-16(7-17)23(28)29/h2-8,14,23,33H,9-13H2,1H3/t14-,25-/m1/s1. The molecule has 1 saturated heterocycles. The molecule has 2 aliphatic rings. The summed E-state index contributed by atoms with van der Waals surface area (Å²) < 4.78 is 67.3. The zero-order valence-corrected chi connectivity index (χ0v) is 19.3. The van der Waals surface area contributed by atoms with Crippen LogP contribution in [-0.4, -0.2) is 33.3 Å². The number of benzene rings is 2. The van der Waals surface area contributed by atoms with Crippen LogP contribution in [0.15, 0.2) is 47.3 Å². The predicted molar refractivity (Wildman–Crippen MR) is 122 cm³/mol. The summed E-state index contributed by atoms with van der Waals surface area (Å²) in [4.78, 5) is 18.5.